The van der Waals surface area contributed by atoms with Gasteiger partial charge in [0.2, 0.25) is 0 Å². The average molecular weight is 583 g/mol. The molecule has 0 amide bonds. The number of aromatic amines is 1. The van der Waals surface area contributed by atoms with E-state index in [2.05, 4.69) is 48.9 Å². The van der Waals surface area contributed by atoms with Gasteiger partial charge < -0.3 is 20.8 Å². The number of sulfonamides is 1. The van der Waals surface area contributed by atoms with Gasteiger partial charge in [0.1, 0.15) is 11.6 Å². The fourth-order valence-electron chi connectivity index (χ4n) is 5.10. The van der Waals surface area contributed by atoms with Crippen molar-refractivity contribution < 1.29 is 18.1 Å². The zero-order valence-electron chi connectivity index (χ0n) is 23.6. The molecule has 1 saturated heterocycles. The number of piperidine rings is 1. The molecule has 2 aliphatic rings. The summed E-state index contributed by atoms with van der Waals surface area (Å²) in [5, 5.41) is 11.5. The Bertz CT molecular complexity index is 1470. The number of fused-ring (bicyclic) bond motifs is 1. The molecule has 41 heavy (non-hydrogen) atoms. The van der Waals surface area contributed by atoms with Gasteiger partial charge in [0.25, 0.3) is 10.0 Å². The maximum Gasteiger partial charge on any atom is 0.256 e. The second-order valence-corrected chi connectivity index (χ2v) is 12.5. The van der Waals surface area contributed by atoms with Crippen molar-refractivity contribution in [3.05, 3.63) is 47.9 Å². The highest BCUT2D eigenvalue weighted by molar-refractivity contribution is 7.91. The number of hydrazone groups is 1. The van der Waals surface area contributed by atoms with E-state index in [9.17, 15) is 8.42 Å². The zero-order chi connectivity index (χ0) is 28.7. The summed E-state index contributed by atoms with van der Waals surface area (Å²) in [7, 11) is -3.44. The monoisotopic (exact) mass is 582 g/mol. The lowest BCUT2D eigenvalue weighted by molar-refractivity contribution is -0.378. The lowest BCUT2D eigenvalue weighted by atomic mass is 9.99. The van der Waals surface area contributed by atoms with Crippen LogP contribution >= 0.6 is 0 Å². The molecule has 220 valence electrons. The van der Waals surface area contributed by atoms with Crippen molar-refractivity contribution in [2.24, 2.45) is 15.3 Å². The Labute approximate surface area is 241 Å². The van der Waals surface area contributed by atoms with Gasteiger partial charge in [-0.15, -0.1) is 0 Å². The van der Waals surface area contributed by atoms with Crippen molar-refractivity contribution in [1.82, 2.24) is 14.6 Å². The molecular weight excluding hydrogens is 542 g/mol. The third kappa shape index (κ3) is 7.39. The second-order valence-electron chi connectivity index (χ2n) is 10.6. The molecule has 1 atom stereocenters. The number of nitrogens with zero attached hydrogens (tertiary/aromatic N) is 6. The number of rotatable bonds is 14. The van der Waals surface area contributed by atoms with Gasteiger partial charge in [-0.2, -0.15) is 19.1 Å². The van der Waals surface area contributed by atoms with E-state index < -0.39 is 10.0 Å². The van der Waals surface area contributed by atoms with Crippen LogP contribution in [0.4, 0.5) is 11.6 Å². The molecule has 5 rings (SSSR count). The molecule has 12 nitrogen and oxygen atoms in total. The van der Waals surface area contributed by atoms with Crippen LogP contribution in [0.3, 0.4) is 0 Å². The number of pyridine rings is 1. The van der Waals surface area contributed by atoms with Crippen LogP contribution < -0.4 is 21.0 Å². The van der Waals surface area contributed by atoms with E-state index in [0.29, 0.717) is 50.8 Å². The molecule has 1 saturated carbocycles. The number of nitrogens with two attached hydrogens (primary N) is 1. The lowest BCUT2D eigenvalue weighted by Crippen LogP contribution is -2.41. The molecule has 3 aromatic heterocycles. The summed E-state index contributed by atoms with van der Waals surface area (Å²) in [6.07, 6.45) is 13.9. The third-order valence-electron chi connectivity index (χ3n) is 7.64. The van der Waals surface area contributed by atoms with Gasteiger partial charge in [-0.25, -0.2) is 18.4 Å². The van der Waals surface area contributed by atoms with E-state index in [4.69, 9.17) is 15.6 Å². The highest BCUT2D eigenvalue weighted by Gasteiger charge is 2.35. The maximum atomic E-state index is 12.0. The number of hydrogen-bond donors (Lipinski definition) is 2. The second kappa shape index (κ2) is 13.4. The first-order valence-corrected chi connectivity index (χ1v) is 16.0. The van der Waals surface area contributed by atoms with Gasteiger partial charge in [-0.1, -0.05) is 6.92 Å². The van der Waals surface area contributed by atoms with Gasteiger partial charge in [-0.3, -0.25) is 0 Å². The lowest BCUT2D eigenvalue weighted by Gasteiger charge is -2.37. The molecule has 4 heterocycles. The molecule has 0 aromatic carbocycles. The highest BCUT2D eigenvalue weighted by atomic mass is 32.2. The average Bonchev–Trinajstić information content (AvgIpc) is 3.79. The SMILES string of the molecule is CCc1cnn2c(NCc3ccc[nH+]c3)cc(N3CCCCC3CCOCCC(/C=N/S(=O)(=O)C3CC3)=N/N)nc12. The molecule has 1 aliphatic carbocycles. The van der Waals surface area contributed by atoms with Crippen molar-refractivity contribution in [2.45, 2.75) is 76.1 Å². The van der Waals surface area contributed by atoms with Gasteiger partial charge in [0.05, 0.1) is 30.0 Å². The van der Waals surface area contributed by atoms with Gasteiger partial charge >= 0.3 is 0 Å². The minimum Gasteiger partial charge on any atom is -0.381 e. The number of aryl methyl sites for hydroxylation is 1. The molecular formula is C28H40N9O3S+. The van der Waals surface area contributed by atoms with Crippen molar-refractivity contribution in [3.63, 3.8) is 0 Å². The van der Waals surface area contributed by atoms with E-state index in [-0.39, 0.29) is 5.25 Å². The Morgan fingerprint density at radius 3 is 2.93 bits per heavy atom. The quantitative estimate of drug-likeness (QED) is 0.127. The van der Waals surface area contributed by atoms with E-state index in [1.54, 1.807) is 0 Å². The van der Waals surface area contributed by atoms with Crippen LogP contribution in [-0.2, 0) is 27.7 Å². The molecule has 13 heteroatoms. The van der Waals surface area contributed by atoms with Crippen LogP contribution in [-0.4, -0.2) is 66.0 Å². The summed E-state index contributed by atoms with van der Waals surface area (Å²) in [5.74, 6) is 7.31. The number of ether oxygens (including phenoxy) is 1. The molecule has 4 N–H and O–H groups in total. The highest BCUT2D eigenvalue weighted by Crippen LogP contribution is 2.30. The Morgan fingerprint density at radius 2 is 2.17 bits per heavy atom. The van der Waals surface area contributed by atoms with Crippen LogP contribution in [0.25, 0.3) is 5.65 Å². The first-order valence-electron chi connectivity index (χ1n) is 14.5. The Balaban J connectivity index is 1.22. The van der Waals surface area contributed by atoms with Crippen LogP contribution in [0, 0.1) is 0 Å². The van der Waals surface area contributed by atoms with Crippen molar-refractivity contribution in [1.29, 1.82) is 0 Å². The van der Waals surface area contributed by atoms with Crippen molar-refractivity contribution >= 4 is 39.2 Å². The molecule has 0 spiro atoms. The van der Waals surface area contributed by atoms with Crippen LogP contribution in [0.5, 0.6) is 0 Å². The molecule has 0 bridgehead atoms. The summed E-state index contributed by atoms with van der Waals surface area (Å²) >= 11 is 0. The number of anilines is 2. The summed E-state index contributed by atoms with van der Waals surface area (Å²) in [6, 6.07) is 6.47. The standard InChI is InChI=1S/C28H39N9O3S/c1-2-22-19-32-37-26(31-18-21-6-5-12-30-17-21)16-27(34-28(22)37)36-13-4-3-7-24(36)11-15-40-14-10-23(35-29)20-33-41(38,39)25-8-9-25/h5-6,12,16-17,19-20,24-25,31H,2-4,7-11,13-15,18,29H2,1H3/p+1/b33-20+,35-23-. The van der Waals surface area contributed by atoms with Crippen LogP contribution in [0.15, 0.2) is 46.3 Å². The minimum absolute atomic E-state index is 0.302. The summed E-state index contributed by atoms with van der Waals surface area (Å²) < 4.78 is 35.5. The molecule has 1 aliphatic heterocycles. The predicted molar refractivity (Wildman–Crippen MR) is 160 cm³/mol. The first-order chi connectivity index (χ1) is 20.0. The molecule has 3 aromatic rings. The van der Waals surface area contributed by atoms with Gasteiger partial charge in [0, 0.05) is 55.4 Å². The van der Waals surface area contributed by atoms with E-state index in [1.165, 1.54) is 12.6 Å². The largest absolute Gasteiger partial charge is 0.381 e. The van der Waals surface area contributed by atoms with Crippen LogP contribution in [0.2, 0.25) is 0 Å². The summed E-state index contributed by atoms with van der Waals surface area (Å²) in [5.41, 5.74) is 3.55. The smallest absolute Gasteiger partial charge is 0.256 e. The number of nitrogens with one attached hydrogen (secondary N) is 2. The maximum absolute atomic E-state index is 12.0. The number of aromatic nitrogens is 4. The Morgan fingerprint density at radius 1 is 1.29 bits per heavy atom. The molecule has 2 fully saturated rings. The zero-order valence-corrected chi connectivity index (χ0v) is 24.4. The number of H-pyrrole nitrogens is 1. The third-order valence-corrected chi connectivity index (χ3v) is 9.35. The van der Waals surface area contributed by atoms with E-state index in [0.717, 1.165) is 60.6 Å². The summed E-state index contributed by atoms with van der Waals surface area (Å²) in [6.45, 7) is 4.69. The van der Waals surface area contributed by atoms with E-state index >= 15 is 0 Å². The van der Waals surface area contributed by atoms with Gasteiger partial charge in [-0.05, 0) is 51.0 Å². The van der Waals surface area contributed by atoms with E-state index in [1.807, 2.05) is 29.2 Å². The first kappa shape index (κ1) is 28.9. The predicted octanol–water partition coefficient (Wildman–Crippen LogP) is 2.75. The fourth-order valence-corrected chi connectivity index (χ4v) is 6.27. The molecule has 1 unspecified atom stereocenters. The summed E-state index contributed by atoms with van der Waals surface area (Å²) in [4.78, 5) is 10.6. The number of hydrogen-bond acceptors (Lipinski definition) is 9. The minimum atomic E-state index is -3.44. The van der Waals surface area contributed by atoms with Crippen molar-refractivity contribution in [2.75, 3.05) is 30.0 Å². The topological polar surface area (TPSA) is 154 Å². The fraction of sp³-hybridized carbons (Fsp3) is 0.536. The van der Waals surface area contributed by atoms with Crippen LogP contribution in [0.1, 0.15) is 63.0 Å². The Hall–Kier alpha value is -3.58. The molecule has 0 radical (unpaired) electrons. The normalized spacial score (nSPS) is 18.4. The van der Waals surface area contributed by atoms with Gasteiger partial charge in [0.15, 0.2) is 18.0 Å². The van der Waals surface area contributed by atoms with Crippen molar-refractivity contribution in [3.8, 4) is 0 Å². The Kier molecular flexibility index (Phi) is 9.45.